The van der Waals surface area contributed by atoms with Gasteiger partial charge in [-0.05, 0) is 38.1 Å². The Morgan fingerprint density at radius 2 is 1.90 bits per heavy atom. The van der Waals surface area contributed by atoms with E-state index >= 15 is 0 Å². The van der Waals surface area contributed by atoms with Crippen molar-refractivity contribution in [3.63, 3.8) is 0 Å². The van der Waals surface area contributed by atoms with Crippen LogP contribution < -0.4 is 0 Å². The first kappa shape index (κ1) is 15.1. The Kier molecular flexibility index (Phi) is 5.04. The Bertz CT molecular complexity index is 603. The van der Waals surface area contributed by atoms with Crippen LogP contribution in [0, 0.1) is 0 Å². The normalized spacial score (nSPS) is 16.7. The molecular formula is C16H21Cl2N3. The minimum atomic E-state index is 0.588. The molecule has 2 heterocycles. The number of fused-ring (bicyclic) bond motifs is 1. The summed E-state index contributed by atoms with van der Waals surface area (Å²) in [7, 11) is 0. The summed E-state index contributed by atoms with van der Waals surface area (Å²) in [5, 5.41) is 0.722. The van der Waals surface area contributed by atoms with Crippen molar-refractivity contribution in [2.24, 2.45) is 0 Å². The maximum atomic E-state index is 6.27. The molecule has 0 amide bonds. The first-order valence-electron chi connectivity index (χ1n) is 7.71. The van der Waals surface area contributed by atoms with Gasteiger partial charge in [0.15, 0.2) is 0 Å². The third kappa shape index (κ3) is 3.36. The van der Waals surface area contributed by atoms with Crippen molar-refractivity contribution in [2.75, 3.05) is 25.5 Å². The number of para-hydroxylation sites is 1. The van der Waals surface area contributed by atoms with E-state index in [1.807, 2.05) is 12.1 Å². The maximum Gasteiger partial charge on any atom is 0.111 e. The highest BCUT2D eigenvalue weighted by Gasteiger charge is 2.15. The zero-order chi connectivity index (χ0) is 14.7. The summed E-state index contributed by atoms with van der Waals surface area (Å²) in [5.41, 5.74) is 2.03. The summed E-state index contributed by atoms with van der Waals surface area (Å²) in [6.45, 7) is 4.48. The van der Waals surface area contributed by atoms with E-state index in [9.17, 15) is 0 Å². The molecule has 0 spiro atoms. The molecule has 0 N–H and O–H groups in total. The lowest BCUT2D eigenvalue weighted by Crippen LogP contribution is -2.32. The molecule has 2 aromatic rings. The van der Waals surface area contributed by atoms with Crippen LogP contribution in [0.2, 0.25) is 5.02 Å². The van der Waals surface area contributed by atoms with Gasteiger partial charge in [0.25, 0.3) is 0 Å². The van der Waals surface area contributed by atoms with Crippen molar-refractivity contribution in [3.05, 3.63) is 29.0 Å². The van der Waals surface area contributed by atoms with Crippen molar-refractivity contribution in [1.29, 1.82) is 0 Å². The number of benzene rings is 1. The molecule has 1 aliphatic heterocycles. The van der Waals surface area contributed by atoms with E-state index in [1.54, 1.807) is 0 Å². The second-order valence-corrected chi connectivity index (χ2v) is 6.41. The summed E-state index contributed by atoms with van der Waals surface area (Å²) < 4.78 is 2.29. The van der Waals surface area contributed by atoms with E-state index in [0.717, 1.165) is 41.4 Å². The van der Waals surface area contributed by atoms with Gasteiger partial charge in [-0.1, -0.05) is 24.1 Å². The van der Waals surface area contributed by atoms with Gasteiger partial charge in [0, 0.05) is 25.4 Å². The van der Waals surface area contributed by atoms with Crippen LogP contribution in [-0.4, -0.2) is 40.0 Å². The number of aryl methyl sites for hydroxylation is 1. The Morgan fingerprint density at radius 3 is 2.67 bits per heavy atom. The van der Waals surface area contributed by atoms with E-state index in [2.05, 4.69) is 15.5 Å². The average Bonchev–Trinajstić information content (AvgIpc) is 2.86. The van der Waals surface area contributed by atoms with E-state index < -0.39 is 0 Å². The number of imidazole rings is 1. The molecule has 1 fully saturated rings. The Labute approximate surface area is 135 Å². The van der Waals surface area contributed by atoms with Gasteiger partial charge in [0.05, 0.1) is 10.5 Å². The lowest BCUT2D eigenvalue weighted by Gasteiger charge is -2.26. The van der Waals surface area contributed by atoms with E-state index in [1.165, 1.54) is 32.4 Å². The van der Waals surface area contributed by atoms with Crippen LogP contribution in [0.4, 0.5) is 0 Å². The second-order valence-electron chi connectivity index (χ2n) is 5.63. The third-order valence-corrected chi connectivity index (χ3v) is 4.71. The predicted molar refractivity (Wildman–Crippen MR) is 89.5 cm³/mol. The predicted octanol–water partition coefficient (Wildman–Crippen LogP) is 3.96. The Morgan fingerprint density at radius 1 is 1.10 bits per heavy atom. The lowest BCUT2D eigenvalue weighted by atomic mass is 10.1. The first-order valence-corrected chi connectivity index (χ1v) is 8.63. The molecule has 0 saturated carbocycles. The fraction of sp³-hybridized carbons (Fsp3) is 0.562. The van der Waals surface area contributed by atoms with E-state index in [-0.39, 0.29) is 0 Å². The zero-order valence-electron chi connectivity index (χ0n) is 12.2. The number of alkyl halides is 1. The molecule has 3 rings (SSSR count). The Balaban J connectivity index is 1.84. The van der Waals surface area contributed by atoms with Gasteiger partial charge in [0.2, 0.25) is 0 Å². The van der Waals surface area contributed by atoms with Gasteiger partial charge in [-0.2, -0.15) is 0 Å². The molecule has 5 heteroatoms. The number of piperidine rings is 1. The summed E-state index contributed by atoms with van der Waals surface area (Å²) in [5.74, 6) is 1.63. The SMILES string of the molecule is ClCCc1nc2c(Cl)cccc2n1CCN1CCCCC1. The van der Waals surface area contributed by atoms with E-state index in [4.69, 9.17) is 28.2 Å². The summed E-state index contributed by atoms with van der Waals surface area (Å²) in [6, 6.07) is 5.99. The molecule has 1 aromatic carbocycles. The molecule has 0 unspecified atom stereocenters. The summed E-state index contributed by atoms with van der Waals surface area (Å²) in [6.07, 6.45) is 4.81. The number of likely N-dealkylation sites (tertiary alicyclic amines) is 1. The van der Waals surface area contributed by atoms with Crippen LogP contribution in [0.5, 0.6) is 0 Å². The van der Waals surface area contributed by atoms with Crippen LogP contribution in [0.3, 0.4) is 0 Å². The molecule has 1 aliphatic rings. The molecular weight excluding hydrogens is 305 g/mol. The monoisotopic (exact) mass is 325 g/mol. The largest absolute Gasteiger partial charge is 0.327 e. The van der Waals surface area contributed by atoms with Gasteiger partial charge < -0.3 is 9.47 Å². The van der Waals surface area contributed by atoms with Gasteiger partial charge >= 0.3 is 0 Å². The quantitative estimate of drug-likeness (QED) is 0.776. The number of hydrogen-bond acceptors (Lipinski definition) is 2. The Hall–Kier alpha value is -0.770. The molecule has 1 saturated heterocycles. The topological polar surface area (TPSA) is 21.1 Å². The van der Waals surface area contributed by atoms with Crippen molar-refractivity contribution >= 4 is 34.2 Å². The van der Waals surface area contributed by atoms with Crippen molar-refractivity contribution in [2.45, 2.75) is 32.2 Å². The van der Waals surface area contributed by atoms with Gasteiger partial charge in [-0.3, -0.25) is 0 Å². The molecule has 114 valence electrons. The fourth-order valence-corrected chi connectivity index (χ4v) is 3.49. The highest BCUT2D eigenvalue weighted by atomic mass is 35.5. The van der Waals surface area contributed by atoms with Crippen LogP contribution in [-0.2, 0) is 13.0 Å². The minimum absolute atomic E-state index is 0.588. The van der Waals surface area contributed by atoms with Crippen LogP contribution in [0.15, 0.2) is 18.2 Å². The van der Waals surface area contributed by atoms with E-state index in [0.29, 0.717) is 5.88 Å². The molecule has 3 nitrogen and oxygen atoms in total. The summed E-state index contributed by atoms with van der Waals surface area (Å²) in [4.78, 5) is 7.24. The minimum Gasteiger partial charge on any atom is -0.327 e. The van der Waals surface area contributed by atoms with Gasteiger partial charge in [0.1, 0.15) is 11.3 Å². The number of hydrogen-bond donors (Lipinski definition) is 0. The van der Waals surface area contributed by atoms with Crippen LogP contribution >= 0.6 is 23.2 Å². The number of rotatable bonds is 5. The van der Waals surface area contributed by atoms with Crippen LogP contribution in [0.25, 0.3) is 11.0 Å². The zero-order valence-corrected chi connectivity index (χ0v) is 13.7. The highest BCUT2D eigenvalue weighted by Crippen LogP contribution is 2.24. The average molecular weight is 326 g/mol. The summed E-state index contributed by atoms with van der Waals surface area (Å²) >= 11 is 12.2. The number of nitrogens with zero attached hydrogens (tertiary/aromatic N) is 3. The smallest absolute Gasteiger partial charge is 0.111 e. The van der Waals surface area contributed by atoms with Crippen molar-refractivity contribution < 1.29 is 0 Å². The maximum absolute atomic E-state index is 6.27. The van der Waals surface area contributed by atoms with Crippen molar-refractivity contribution in [1.82, 2.24) is 14.5 Å². The molecule has 21 heavy (non-hydrogen) atoms. The number of halogens is 2. The highest BCUT2D eigenvalue weighted by molar-refractivity contribution is 6.34. The van der Waals surface area contributed by atoms with Crippen LogP contribution in [0.1, 0.15) is 25.1 Å². The second kappa shape index (κ2) is 6.99. The van der Waals surface area contributed by atoms with Gasteiger partial charge in [-0.25, -0.2) is 4.98 Å². The first-order chi connectivity index (χ1) is 10.3. The third-order valence-electron chi connectivity index (χ3n) is 4.22. The fourth-order valence-electron chi connectivity index (χ4n) is 3.11. The molecule has 0 aliphatic carbocycles. The lowest BCUT2D eigenvalue weighted by molar-refractivity contribution is 0.221. The molecule has 0 bridgehead atoms. The molecule has 0 atom stereocenters. The number of aromatic nitrogens is 2. The molecule has 1 aromatic heterocycles. The standard InChI is InChI=1S/C16H21Cl2N3/c17-8-7-15-19-16-13(18)5-4-6-14(16)21(15)12-11-20-9-2-1-3-10-20/h4-6H,1-3,7-12H2. The molecule has 0 radical (unpaired) electrons. The van der Waals surface area contributed by atoms with Crippen molar-refractivity contribution in [3.8, 4) is 0 Å². The van der Waals surface area contributed by atoms with Gasteiger partial charge in [-0.15, -0.1) is 11.6 Å².